The predicted octanol–water partition coefficient (Wildman–Crippen LogP) is 3.29. The van der Waals surface area contributed by atoms with Crippen molar-refractivity contribution < 1.29 is 13.5 Å². The van der Waals surface area contributed by atoms with Crippen molar-refractivity contribution in [1.82, 2.24) is 0 Å². The van der Waals surface area contributed by atoms with E-state index in [1.54, 1.807) is 31.2 Å². The molecule has 2 aromatic rings. The number of sulfone groups is 1. The molecule has 1 atom stereocenters. The Morgan fingerprint density at radius 2 is 1.65 bits per heavy atom. The van der Waals surface area contributed by atoms with Gasteiger partial charge in [-0.1, -0.05) is 30.0 Å². The highest BCUT2D eigenvalue weighted by Crippen LogP contribution is 2.33. The van der Waals surface area contributed by atoms with Crippen LogP contribution in [0.4, 0.5) is 0 Å². The van der Waals surface area contributed by atoms with Gasteiger partial charge in [-0.05, 0) is 42.8 Å². The summed E-state index contributed by atoms with van der Waals surface area (Å²) < 4.78 is 22.8. The maximum atomic E-state index is 11.4. The minimum Gasteiger partial charge on any atom is -0.389 e. The van der Waals surface area contributed by atoms with Gasteiger partial charge in [0.25, 0.3) is 0 Å². The molecule has 106 valence electrons. The molecule has 0 bridgehead atoms. The molecule has 5 heteroatoms. The second kappa shape index (κ2) is 5.99. The molecule has 0 heterocycles. The fourth-order valence-electron chi connectivity index (χ4n) is 1.80. The summed E-state index contributed by atoms with van der Waals surface area (Å²) >= 11 is 1.51. The van der Waals surface area contributed by atoms with Crippen LogP contribution in [-0.4, -0.2) is 19.8 Å². The van der Waals surface area contributed by atoms with Crippen molar-refractivity contribution in [3.63, 3.8) is 0 Å². The summed E-state index contributed by atoms with van der Waals surface area (Å²) in [5, 5.41) is 9.74. The number of hydrogen-bond donors (Lipinski definition) is 1. The maximum absolute atomic E-state index is 11.4. The molecular weight excluding hydrogens is 292 g/mol. The standard InChI is InChI=1S/C15H16O3S2/c1-11(16)14-5-3-4-6-15(14)19-12-7-9-13(10-8-12)20(2,17)18/h3-11,16H,1-2H3/t11-/m1/s1. The van der Waals surface area contributed by atoms with Crippen LogP contribution in [0.1, 0.15) is 18.6 Å². The van der Waals surface area contributed by atoms with Crippen molar-refractivity contribution in [2.24, 2.45) is 0 Å². The van der Waals surface area contributed by atoms with E-state index in [1.165, 1.54) is 18.0 Å². The highest BCUT2D eigenvalue weighted by Gasteiger charge is 2.10. The topological polar surface area (TPSA) is 54.4 Å². The zero-order valence-electron chi connectivity index (χ0n) is 11.3. The molecule has 3 nitrogen and oxygen atoms in total. The molecule has 2 aromatic carbocycles. The summed E-state index contributed by atoms with van der Waals surface area (Å²) in [6.07, 6.45) is 0.659. The predicted molar refractivity (Wildman–Crippen MR) is 80.8 cm³/mol. The van der Waals surface area contributed by atoms with Crippen LogP contribution in [0.3, 0.4) is 0 Å². The summed E-state index contributed by atoms with van der Waals surface area (Å²) in [4.78, 5) is 2.21. The molecule has 0 aliphatic heterocycles. The number of aliphatic hydroxyl groups is 1. The molecule has 0 amide bonds. The molecule has 0 unspecified atom stereocenters. The van der Waals surface area contributed by atoms with Crippen LogP contribution in [-0.2, 0) is 9.84 Å². The van der Waals surface area contributed by atoms with Gasteiger partial charge in [-0.15, -0.1) is 0 Å². The molecule has 20 heavy (non-hydrogen) atoms. The Hall–Kier alpha value is -1.30. The first kappa shape index (κ1) is 15.1. The summed E-state index contributed by atoms with van der Waals surface area (Å²) in [6, 6.07) is 14.4. The van der Waals surface area contributed by atoms with Crippen molar-refractivity contribution in [2.45, 2.75) is 27.7 Å². The third kappa shape index (κ3) is 3.62. The first-order valence-corrected chi connectivity index (χ1v) is 8.83. The third-order valence-electron chi connectivity index (χ3n) is 2.85. The van der Waals surface area contributed by atoms with Gasteiger partial charge in [0.15, 0.2) is 9.84 Å². The molecule has 0 aliphatic rings. The van der Waals surface area contributed by atoms with E-state index in [9.17, 15) is 13.5 Å². The Bertz CT molecular complexity index is 689. The second-order valence-corrected chi connectivity index (χ2v) is 7.69. The van der Waals surface area contributed by atoms with Crippen LogP contribution >= 0.6 is 11.8 Å². The molecular formula is C15H16O3S2. The lowest BCUT2D eigenvalue weighted by atomic mass is 10.1. The third-order valence-corrected chi connectivity index (χ3v) is 5.08. The van der Waals surface area contributed by atoms with Gasteiger partial charge in [-0.2, -0.15) is 0 Å². The van der Waals surface area contributed by atoms with Gasteiger partial charge < -0.3 is 5.11 Å². The van der Waals surface area contributed by atoms with Gasteiger partial charge >= 0.3 is 0 Å². The maximum Gasteiger partial charge on any atom is 0.175 e. The number of aliphatic hydroxyl groups excluding tert-OH is 1. The van der Waals surface area contributed by atoms with E-state index in [4.69, 9.17) is 0 Å². The van der Waals surface area contributed by atoms with Crippen molar-refractivity contribution >= 4 is 21.6 Å². The minimum absolute atomic E-state index is 0.311. The van der Waals surface area contributed by atoms with Crippen molar-refractivity contribution in [3.05, 3.63) is 54.1 Å². The van der Waals surface area contributed by atoms with Crippen LogP contribution in [0.25, 0.3) is 0 Å². The lowest BCUT2D eigenvalue weighted by molar-refractivity contribution is 0.196. The largest absolute Gasteiger partial charge is 0.389 e. The Balaban J connectivity index is 2.27. The van der Waals surface area contributed by atoms with Gasteiger partial charge in [0.1, 0.15) is 0 Å². The molecule has 0 aliphatic carbocycles. The average Bonchev–Trinajstić information content (AvgIpc) is 2.38. The van der Waals surface area contributed by atoms with Crippen molar-refractivity contribution in [2.75, 3.05) is 6.26 Å². The van der Waals surface area contributed by atoms with Gasteiger partial charge in [-0.25, -0.2) is 8.42 Å². The van der Waals surface area contributed by atoms with E-state index < -0.39 is 15.9 Å². The number of rotatable bonds is 4. The van der Waals surface area contributed by atoms with Gasteiger partial charge in [-0.3, -0.25) is 0 Å². The van der Waals surface area contributed by atoms with Crippen LogP contribution in [0.5, 0.6) is 0 Å². The van der Waals surface area contributed by atoms with E-state index in [2.05, 4.69) is 0 Å². The molecule has 0 radical (unpaired) electrons. The van der Waals surface area contributed by atoms with Gasteiger partial charge in [0.2, 0.25) is 0 Å². The SMILES string of the molecule is C[C@@H](O)c1ccccc1Sc1ccc(S(C)(=O)=O)cc1. The highest BCUT2D eigenvalue weighted by molar-refractivity contribution is 7.99. The fraction of sp³-hybridized carbons (Fsp3) is 0.200. The number of hydrogen-bond acceptors (Lipinski definition) is 4. The normalized spacial score (nSPS) is 13.2. The molecule has 0 aromatic heterocycles. The monoisotopic (exact) mass is 308 g/mol. The molecule has 2 rings (SSSR count). The molecule has 1 N–H and O–H groups in total. The van der Waals surface area contributed by atoms with Crippen molar-refractivity contribution in [3.8, 4) is 0 Å². The smallest absolute Gasteiger partial charge is 0.175 e. The molecule has 0 saturated carbocycles. The Labute approximate surface area is 123 Å². The quantitative estimate of drug-likeness (QED) is 0.941. The van der Waals surface area contributed by atoms with Crippen LogP contribution in [0.15, 0.2) is 63.2 Å². The van der Waals surface area contributed by atoms with Crippen LogP contribution < -0.4 is 0 Å². The first-order chi connectivity index (χ1) is 9.38. The minimum atomic E-state index is -3.16. The van der Waals surface area contributed by atoms with Gasteiger partial charge in [0, 0.05) is 16.0 Å². The van der Waals surface area contributed by atoms with Crippen LogP contribution in [0.2, 0.25) is 0 Å². The Kier molecular flexibility index (Phi) is 4.52. The average molecular weight is 308 g/mol. The molecule has 0 saturated heterocycles. The molecule has 0 fully saturated rings. The lowest BCUT2D eigenvalue weighted by Crippen LogP contribution is -1.96. The number of benzene rings is 2. The Morgan fingerprint density at radius 1 is 1.05 bits per heavy atom. The summed E-state index contributed by atoms with van der Waals surface area (Å²) in [5.74, 6) is 0. The van der Waals surface area contributed by atoms with Crippen LogP contribution in [0, 0.1) is 0 Å². The summed E-state index contributed by atoms with van der Waals surface area (Å²) in [6.45, 7) is 1.73. The Morgan fingerprint density at radius 3 is 2.20 bits per heavy atom. The van der Waals surface area contributed by atoms with Gasteiger partial charge in [0.05, 0.1) is 11.0 Å². The first-order valence-electron chi connectivity index (χ1n) is 6.13. The van der Waals surface area contributed by atoms with E-state index in [1.807, 2.05) is 24.3 Å². The summed E-state index contributed by atoms with van der Waals surface area (Å²) in [5.41, 5.74) is 0.865. The molecule has 0 spiro atoms. The van der Waals surface area contributed by atoms with Crippen molar-refractivity contribution in [1.29, 1.82) is 0 Å². The lowest BCUT2D eigenvalue weighted by Gasteiger charge is -2.11. The van der Waals surface area contributed by atoms with E-state index in [0.717, 1.165) is 15.4 Å². The second-order valence-electron chi connectivity index (χ2n) is 4.56. The highest BCUT2D eigenvalue weighted by atomic mass is 32.2. The van der Waals surface area contributed by atoms with E-state index in [-0.39, 0.29) is 0 Å². The zero-order chi connectivity index (χ0) is 14.8. The zero-order valence-corrected chi connectivity index (χ0v) is 12.9. The van der Waals surface area contributed by atoms with E-state index in [0.29, 0.717) is 4.90 Å². The fourth-order valence-corrected chi connectivity index (χ4v) is 3.46. The van der Waals surface area contributed by atoms with E-state index >= 15 is 0 Å². The summed E-state index contributed by atoms with van der Waals surface area (Å²) in [7, 11) is -3.16.